The summed E-state index contributed by atoms with van der Waals surface area (Å²) in [5.74, 6) is -5.57. The summed E-state index contributed by atoms with van der Waals surface area (Å²) in [6.45, 7) is 2.88. The lowest BCUT2D eigenvalue weighted by atomic mass is 10.0. The van der Waals surface area contributed by atoms with Gasteiger partial charge in [0, 0.05) is 46.2 Å². The fourth-order valence-corrected chi connectivity index (χ4v) is 5.18. The maximum absolute atomic E-state index is 14.8. The Bertz CT molecular complexity index is 2680. The number of hydrogen-bond acceptors (Lipinski definition) is 5. The quantitative estimate of drug-likeness (QED) is 0.0824. The summed E-state index contributed by atoms with van der Waals surface area (Å²) in [6.07, 6.45) is -11.7. The Morgan fingerprint density at radius 3 is 2.21 bits per heavy atom. The summed E-state index contributed by atoms with van der Waals surface area (Å²) in [5.41, 5.74) is -12.1. The Hall–Kier alpha value is -3.96. The summed E-state index contributed by atoms with van der Waals surface area (Å²) in [5, 5.41) is -0.908. The van der Waals surface area contributed by atoms with Gasteiger partial charge in [-0.3, -0.25) is 9.59 Å². The standard InChI is InChI=1S/C37H40F4N4O2S/c1-4-43(5-2)18-19-44(22-26-6-10-28(11-7-26)29-12-14-30(15-13-29)37(39,40)41)34(46)23-45-33-21-25(3)20-32(33)35(47)42-36(45)48-24-27-8-16-31(38)17-9-27/h6-17,25H,4-5,18-24H2,1-3H3/i6D,7D,8D,9D,10D,11D,12D,13D,14D,15D,16D,17D,20D2,21D2,24D2,25D. The molecule has 1 amide bonds. The first kappa shape index (κ1) is 18.2. The van der Waals surface area contributed by atoms with Gasteiger partial charge in [-0.1, -0.05) is 80.9 Å². The first-order chi connectivity index (χ1) is 30.6. The van der Waals surface area contributed by atoms with Gasteiger partial charge in [0.25, 0.3) is 5.56 Å². The lowest BCUT2D eigenvalue weighted by Gasteiger charge is -2.28. The molecule has 11 heteroatoms. The van der Waals surface area contributed by atoms with Crippen LogP contribution in [0.15, 0.2) is 82.5 Å². The van der Waals surface area contributed by atoms with E-state index in [0.29, 0.717) is 17.7 Å². The number of nitrogens with zero attached hydrogens (tertiary/aromatic N) is 4. The fraction of sp³-hybridized carbons (Fsp3) is 0.378. The van der Waals surface area contributed by atoms with Gasteiger partial charge in [-0.15, -0.1) is 0 Å². The van der Waals surface area contributed by atoms with Crippen molar-refractivity contribution in [3.05, 3.63) is 117 Å². The highest BCUT2D eigenvalue weighted by Crippen LogP contribution is 2.32. The summed E-state index contributed by atoms with van der Waals surface area (Å²) < 4.78 is 219. The molecule has 5 rings (SSSR count). The molecule has 3 aromatic carbocycles. The molecule has 1 aromatic heterocycles. The van der Waals surface area contributed by atoms with Gasteiger partial charge in [-0.25, -0.2) is 4.39 Å². The third kappa shape index (κ3) is 8.73. The minimum atomic E-state index is -5.35. The van der Waals surface area contributed by atoms with Crippen molar-refractivity contribution in [1.29, 1.82) is 0 Å². The van der Waals surface area contributed by atoms with E-state index in [2.05, 4.69) is 4.98 Å². The lowest BCUT2D eigenvalue weighted by molar-refractivity contribution is -0.137. The van der Waals surface area contributed by atoms with Crippen LogP contribution in [-0.2, 0) is 42.5 Å². The van der Waals surface area contributed by atoms with E-state index in [9.17, 15) is 27.2 Å². The Morgan fingerprint density at radius 2 is 1.60 bits per heavy atom. The zero-order valence-electron chi connectivity index (χ0n) is 44.8. The molecule has 0 N–H and O–H groups in total. The molecule has 0 aliphatic heterocycles. The molecule has 6 nitrogen and oxygen atoms in total. The number of fused-ring (bicyclic) bond motifs is 1. The van der Waals surface area contributed by atoms with Crippen LogP contribution in [0.1, 0.15) is 74.8 Å². The van der Waals surface area contributed by atoms with Gasteiger partial charge in [0.2, 0.25) is 5.91 Å². The van der Waals surface area contributed by atoms with Crippen LogP contribution in [0.2, 0.25) is 0 Å². The van der Waals surface area contributed by atoms with Crippen molar-refractivity contribution in [3.63, 3.8) is 0 Å². The molecule has 1 aliphatic carbocycles. The first-order valence-electron chi connectivity index (χ1n) is 24.0. The molecular formula is C37H40F4N4O2S. The summed E-state index contributed by atoms with van der Waals surface area (Å²) >= 11 is -0.146. The van der Waals surface area contributed by atoms with Crippen LogP contribution in [0, 0.1) is 11.7 Å². The second kappa shape index (κ2) is 15.5. The third-order valence-corrected chi connectivity index (χ3v) is 7.82. The van der Waals surface area contributed by atoms with Gasteiger partial charge in [-0.05, 0) is 78.2 Å². The molecule has 0 fully saturated rings. The maximum atomic E-state index is 14.8. The van der Waals surface area contributed by atoms with Crippen molar-refractivity contribution >= 4 is 17.7 Å². The number of amides is 1. The Kier molecular flexibility index (Phi) is 5.86. The van der Waals surface area contributed by atoms with E-state index < -0.39 is 178 Å². The van der Waals surface area contributed by atoms with E-state index in [0.717, 1.165) is 11.8 Å². The van der Waals surface area contributed by atoms with Crippen LogP contribution in [0.5, 0.6) is 0 Å². The lowest BCUT2D eigenvalue weighted by Crippen LogP contribution is -2.40. The largest absolute Gasteiger partial charge is 0.416 e. The molecule has 1 unspecified atom stereocenters. The highest BCUT2D eigenvalue weighted by molar-refractivity contribution is 7.98. The van der Waals surface area contributed by atoms with Crippen LogP contribution < -0.4 is 5.56 Å². The molecule has 0 saturated carbocycles. The zero-order chi connectivity index (χ0) is 51.2. The first-order valence-corrected chi connectivity index (χ1v) is 15.3. The molecule has 0 spiro atoms. The van der Waals surface area contributed by atoms with Gasteiger partial charge >= 0.3 is 6.18 Å². The Balaban J connectivity index is 1.74. The van der Waals surface area contributed by atoms with Crippen molar-refractivity contribution in [1.82, 2.24) is 19.4 Å². The normalized spacial score (nSPS) is 24.0. The predicted molar refractivity (Wildman–Crippen MR) is 181 cm³/mol. The van der Waals surface area contributed by atoms with E-state index in [1.165, 1.54) is 0 Å². The van der Waals surface area contributed by atoms with Gasteiger partial charge in [0.15, 0.2) is 5.16 Å². The highest BCUT2D eigenvalue weighted by Gasteiger charge is 2.30. The maximum Gasteiger partial charge on any atom is 0.416 e. The van der Waals surface area contributed by atoms with E-state index >= 15 is 0 Å². The number of alkyl halides is 3. The SMILES string of the molecule is [2H]c1c([2H])c(C([2H])([2H])Sc2nc(=O)c3c(n2CC(=O)N(CCN(CC)CC)Cc2c([2H])c([2H])c(-c4c([2H])c([2H])c(C(F)(F)F)c([2H])c4[2H])c([2H])c2[2H])C([2H])([2H])C([2H])(C)C3([2H])[2H])c([2H])c([2H])c1F. The van der Waals surface area contributed by atoms with Crippen LogP contribution in [0.3, 0.4) is 0 Å². The molecule has 0 bridgehead atoms. The number of carbonyl (C=O) groups excluding carboxylic acids is 1. The smallest absolute Gasteiger partial charge is 0.336 e. The number of hydrogen-bond donors (Lipinski definition) is 0. The average Bonchev–Trinajstić information content (AvgIpc) is 3.33. The molecule has 1 aliphatic rings. The predicted octanol–water partition coefficient (Wildman–Crippen LogP) is 7.47. The molecule has 254 valence electrons. The van der Waals surface area contributed by atoms with Gasteiger partial charge < -0.3 is 14.4 Å². The topological polar surface area (TPSA) is 58.4 Å². The second-order valence-electron chi connectivity index (χ2n) is 10.2. The van der Waals surface area contributed by atoms with E-state index in [-0.39, 0.29) is 24.9 Å². The minimum Gasteiger partial charge on any atom is -0.336 e. The van der Waals surface area contributed by atoms with Crippen LogP contribution in [0.4, 0.5) is 17.6 Å². The Morgan fingerprint density at radius 1 is 1.00 bits per heavy atom. The summed E-state index contributed by atoms with van der Waals surface area (Å²) in [7, 11) is 0. The van der Waals surface area contributed by atoms with Crippen molar-refractivity contribution in [2.45, 2.75) is 63.6 Å². The molecule has 1 atom stereocenters. The van der Waals surface area contributed by atoms with Crippen molar-refractivity contribution in [3.8, 4) is 11.1 Å². The molecular weight excluding hydrogens is 640 g/mol. The number of rotatable bonds is 13. The van der Waals surface area contributed by atoms with Crippen molar-refractivity contribution in [2.75, 3.05) is 26.2 Å². The van der Waals surface area contributed by atoms with Crippen molar-refractivity contribution in [2.24, 2.45) is 5.89 Å². The molecule has 0 saturated heterocycles. The van der Waals surface area contributed by atoms with E-state index in [1.54, 1.807) is 18.7 Å². The van der Waals surface area contributed by atoms with E-state index in [4.69, 9.17) is 26.0 Å². The number of halogens is 4. The van der Waals surface area contributed by atoms with Crippen molar-refractivity contribution < 1.29 is 48.4 Å². The number of benzene rings is 3. The monoisotopic (exact) mass is 699 g/mol. The molecule has 48 heavy (non-hydrogen) atoms. The van der Waals surface area contributed by atoms with Gasteiger partial charge in [0.05, 0.1) is 22.0 Å². The third-order valence-electron chi connectivity index (χ3n) is 7.02. The fourth-order valence-electron chi connectivity index (χ4n) is 4.49. The second-order valence-corrected chi connectivity index (χ2v) is 11.0. The minimum absolute atomic E-state index is 0.0420. The number of thioether (sulfide) groups is 1. The van der Waals surface area contributed by atoms with Crippen LogP contribution in [0.25, 0.3) is 11.1 Å². The number of carbonyl (C=O) groups is 1. The molecule has 0 radical (unpaired) electrons. The summed E-state index contributed by atoms with van der Waals surface area (Å²) in [4.78, 5) is 35.0. The Labute approximate surface area is 309 Å². The van der Waals surface area contributed by atoms with Crippen LogP contribution >= 0.6 is 11.8 Å². The van der Waals surface area contributed by atoms with E-state index in [1.807, 2.05) is 0 Å². The number of likely N-dealkylation sites (N-methyl/N-ethyl adjacent to an activating group) is 1. The zero-order valence-corrected chi connectivity index (χ0v) is 26.6. The number of aromatic nitrogens is 2. The van der Waals surface area contributed by atoms with Crippen LogP contribution in [-0.4, -0.2) is 51.4 Å². The van der Waals surface area contributed by atoms with Gasteiger partial charge in [0.1, 0.15) is 12.4 Å². The molecule has 4 aromatic rings. The molecule has 1 heterocycles. The average molecular weight is 700 g/mol. The summed E-state index contributed by atoms with van der Waals surface area (Å²) in [6, 6.07) is -14.6. The van der Waals surface area contributed by atoms with Gasteiger partial charge in [-0.2, -0.15) is 18.2 Å². The highest BCUT2D eigenvalue weighted by atomic mass is 32.2.